The minimum atomic E-state index is 0.670. The van der Waals surface area contributed by atoms with E-state index in [4.69, 9.17) is 0 Å². The summed E-state index contributed by atoms with van der Waals surface area (Å²) in [5.41, 5.74) is 1.01. The zero-order chi connectivity index (χ0) is 10.8. The van der Waals surface area contributed by atoms with Crippen LogP contribution in [0.25, 0.3) is 0 Å². The number of anilines is 2. The molecule has 15 heavy (non-hydrogen) atoms. The lowest BCUT2D eigenvalue weighted by Crippen LogP contribution is -2.37. The Labute approximate surface area is 90.7 Å². The second-order valence-corrected chi connectivity index (χ2v) is 4.14. The molecule has 82 valence electrons. The number of nitrogens with one attached hydrogen (secondary N) is 1. The van der Waals surface area contributed by atoms with Gasteiger partial charge < -0.3 is 10.2 Å². The third-order valence-corrected chi connectivity index (χ3v) is 3.05. The molecule has 0 spiro atoms. The maximum absolute atomic E-state index is 4.46. The molecule has 0 atom stereocenters. The molecule has 1 aliphatic rings. The summed E-state index contributed by atoms with van der Waals surface area (Å²) < 4.78 is 0. The monoisotopic (exact) mass is 206 g/mol. The van der Waals surface area contributed by atoms with E-state index in [1.54, 1.807) is 0 Å². The van der Waals surface area contributed by atoms with E-state index in [1.165, 1.54) is 19.3 Å². The highest BCUT2D eigenvalue weighted by atomic mass is 15.2. The zero-order valence-corrected chi connectivity index (χ0v) is 9.62. The molecule has 0 aromatic carbocycles. The fourth-order valence-corrected chi connectivity index (χ4v) is 1.81. The normalized spacial score (nSPS) is 15.9. The lowest BCUT2D eigenvalue weighted by molar-refractivity contribution is 0.399. The van der Waals surface area contributed by atoms with Crippen LogP contribution in [0.1, 0.15) is 25.0 Å². The Bertz CT molecular complexity index is 346. The van der Waals surface area contributed by atoms with Crippen LogP contribution >= 0.6 is 0 Å². The standard InChI is InChI=1S/C11H18N4/c1-8-7-10(14-11(12-2)13-8)15(3)9-5-4-6-9/h7,9H,4-6H2,1-3H3,(H,12,13,14). The summed E-state index contributed by atoms with van der Waals surface area (Å²) in [6.07, 6.45) is 3.92. The van der Waals surface area contributed by atoms with Crippen molar-refractivity contribution in [3.63, 3.8) is 0 Å². The average Bonchev–Trinajstić information content (AvgIpc) is 2.14. The molecule has 0 saturated heterocycles. The van der Waals surface area contributed by atoms with E-state index in [9.17, 15) is 0 Å². The summed E-state index contributed by atoms with van der Waals surface area (Å²) >= 11 is 0. The fourth-order valence-electron chi connectivity index (χ4n) is 1.81. The molecular formula is C11H18N4. The van der Waals surface area contributed by atoms with E-state index in [0.717, 1.165) is 11.5 Å². The highest BCUT2D eigenvalue weighted by Crippen LogP contribution is 2.27. The molecule has 0 aliphatic heterocycles. The highest BCUT2D eigenvalue weighted by molar-refractivity contribution is 5.45. The molecule has 1 aromatic heterocycles. The molecule has 1 aliphatic carbocycles. The Kier molecular flexibility index (Phi) is 2.75. The molecule has 1 heterocycles. The summed E-state index contributed by atoms with van der Waals surface area (Å²) in [6, 6.07) is 2.71. The zero-order valence-electron chi connectivity index (χ0n) is 9.62. The minimum absolute atomic E-state index is 0.670. The second kappa shape index (κ2) is 4.04. The topological polar surface area (TPSA) is 41.1 Å². The van der Waals surface area contributed by atoms with Crippen molar-refractivity contribution < 1.29 is 0 Å². The molecule has 0 amide bonds. The van der Waals surface area contributed by atoms with E-state index >= 15 is 0 Å². The molecule has 0 unspecified atom stereocenters. The number of rotatable bonds is 3. The number of hydrogen-bond donors (Lipinski definition) is 1. The van der Waals surface area contributed by atoms with Crippen LogP contribution in [-0.2, 0) is 0 Å². The predicted molar refractivity (Wildman–Crippen MR) is 62.4 cm³/mol. The van der Waals surface area contributed by atoms with Gasteiger partial charge in [-0.05, 0) is 26.2 Å². The van der Waals surface area contributed by atoms with Gasteiger partial charge in [-0.3, -0.25) is 0 Å². The highest BCUT2D eigenvalue weighted by Gasteiger charge is 2.23. The van der Waals surface area contributed by atoms with Gasteiger partial charge >= 0.3 is 0 Å². The Balaban J connectivity index is 2.22. The molecule has 4 nitrogen and oxygen atoms in total. The van der Waals surface area contributed by atoms with Gasteiger partial charge in [0.1, 0.15) is 5.82 Å². The van der Waals surface area contributed by atoms with Crippen molar-refractivity contribution in [1.29, 1.82) is 0 Å². The average molecular weight is 206 g/mol. The van der Waals surface area contributed by atoms with Crippen LogP contribution in [0.4, 0.5) is 11.8 Å². The number of aryl methyl sites for hydroxylation is 1. The lowest BCUT2D eigenvalue weighted by atomic mass is 9.92. The number of nitrogens with zero attached hydrogens (tertiary/aromatic N) is 3. The van der Waals surface area contributed by atoms with Crippen LogP contribution in [-0.4, -0.2) is 30.1 Å². The van der Waals surface area contributed by atoms with Crippen molar-refractivity contribution in [3.8, 4) is 0 Å². The van der Waals surface area contributed by atoms with Crippen molar-refractivity contribution >= 4 is 11.8 Å². The van der Waals surface area contributed by atoms with Crippen molar-refractivity contribution in [2.75, 3.05) is 24.3 Å². The van der Waals surface area contributed by atoms with Gasteiger partial charge in [0.15, 0.2) is 0 Å². The van der Waals surface area contributed by atoms with E-state index in [0.29, 0.717) is 12.0 Å². The Morgan fingerprint density at radius 2 is 2.13 bits per heavy atom. The first-order valence-corrected chi connectivity index (χ1v) is 5.47. The summed E-state index contributed by atoms with van der Waals surface area (Å²) in [4.78, 5) is 11.0. The van der Waals surface area contributed by atoms with Crippen molar-refractivity contribution in [3.05, 3.63) is 11.8 Å². The molecule has 4 heteroatoms. The van der Waals surface area contributed by atoms with Gasteiger partial charge in [0, 0.05) is 31.9 Å². The first kappa shape index (κ1) is 10.2. The van der Waals surface area contributed by atoms with Gasteiger partial charge in [0.25, 0.3) is 0 Å². The summed E-state index contributed by atoms with van der Waals surface area (Å²) in [5, 5.41) is 2.99. The molecule has 1 N–H and O–H groups in total. The third kappa shape index (κ3) is 2.03. The quantitative estimate of drug-likeness (QED) is 0.819. The van der Waals surface area contributed by atoms with E-state index in [1.807, 2.05) is 20.0 Å². The van der Waals surface area contributed by atoms with Crippen LogP contribution in [0.15, 0.2) is 6.07 Å². The Morgan fingerprint density at radius 3 is 2.67 bits per heavy atom. The fraction of sp³-hybridized carbons (Fsp3) is 0.636. The maximum atomic E-state index is 4.46. The largest absolute Gasteiger partial charge is 0.357 e. The van der Waals surface area contributed by atoms with Crippen LogP contribution in [0.5, 0.6) is 0 Å². The molecule has 2 rings (SSSR count). The summed E-state index contributed by atoms with van der Waals surface area (Å²) in [5.74, 6) is 1.73. The van der Waals surface area contributed by atoms with Crippen LogP contribution in [0.2, 0.25) is 0 Å². The van der Waals surface area contributed by atoms with Crippen LogP contribution < -0.4 is 10.2 Å². The SMILES string of the molecule is CNc1nc(C)cc(N(C)C2CCC2)n1. The van der Waals surface area contributed by atoms with Crippen LogP contribution in [0, 0.1) is 6.92 Å². The summed E-state index contributed by atoms with van der Waals surface area (Å²) in [7, 11) is 3.97. The Morgan fingerprint density at radius 1 is 1.40 bits per heavy atom. The lowest BCUT2D eigenvalue weighted by Gasteiger charge is -2.35. The maximum Gasteiger partial charge on any atom is 0.224 e. The molecular weight excluding hydrogens is 188 g/mol. The molecule has 1 fully saturated rings. The van der Waals surface area contributed by atoms with Gasteiger partial charge in [-0.1, -0.05) is 0 Å². The first-order valence-electron chi connectivity index (χ1n) is 5.47. The molecule has 0 radical (unpaired) electrons. The van der Waals surface area contributed by atoms with E-state index in [-0.39, 0.29) is 0 Å². The van der Waals surface area contributed by atoms with Crippen molar-refractivity contribution in [2.45, 2.75) is 32.2 Å². The molecule has 1 saturated carbocycles. The first-order chi connectivity index (χ1) is 7.20. The van der Waals surface area contributed by atoms with Gasteiger partial charge in [0.2, 0.25) is 5.95 Å². The van der Waals surface area contributed by atoms with Crippen molar-refractivity contribution in [1.82, 2.24) is 9.97 Å². The minimum Gasteiger partial charge on any atom is -0.357 e. The van der Waals surface area contributed by atoms with Crippen molar-refractivity contribution in [2.24, 2.45) is 0 Å². The number of hydrogen-bond acceptors (Lipinski definition) is 4. The number of aromatic nitrogens is 2. The van der Waals surface area contributed by atoms with E-state index < -0.39 is 0 Å². The smallest absolute Gasteiger partial charge is 0.224 e. The molecule has 1 aromatic rings. The second-order valence-electron chi connectivity index (χ2n) is 4.14. The van der Waals surface area contributed by atoms with E-state index in [2.05, 4.69) is 27.2 Å². The van der Waals surface area contributed by atoms with Gasteiger partial charge in [-0.25, -0.2) is 4.98 Å². The summed E-state index contributed by atoms with van der Waals surface area (Å²) in [6.45, 7) is 2.00. The van der Waals surface area contributed by atoms with Gasteiger partial charge in [-0.15, -0.1) is 0 Å². The van der Waals surface area contributed by atoms with Gasteiger partial charge in [-0.2, -0.15) is 4.98 Å². The predicted octanol–water partition coefficient (Wildman–Crippen LogP) is 1.82. The third-order valence-electron chi connectivity index (χ3n) is 3.05. The molecule has 0 bridgehead atoms. The van der Waals surface area contributed by atoms with Crippen LogP contribution in [0.3, 0.4) is 0 Å². The van der Waals surface area contributed by atoms with Gasteiger partial charge in [0.05, 0.1) is 0 Å². The Hall–Kier alpha value is -1.32.